The van der Waals surface area contributed by atoms with E-state index in [4.69, 9.17) is 11.6 Å². The molecule has 0 bridgehead atoms. The SMILES string of the molecule is Cc1cccc(Cl)c1NC(CC(C)C)c1ccccc1. The zero-order valence-corrected chi connectivity index (χ0v) is 13.1. The highest BCUT2D eigenvalue weighted by molar-refractivity contribution is 6.33. The molecule has 2 rings (SSSR count). The van der Waals surface area contributed by atoms with E-state index in [0.717, 1.165) is 17.1 Å². The van der Waals surface area contributed by atoms with Gasteiger partial charge in [0.05, 0.1) is 16.8 Å². The minimum Gasteiger partial charge on any atom is -0.377 e. The Morgan fingerprint density at radius 1 is 1.00 bits per heavy atom. The molecule has 20 heavy (non-hydrogen) atoms. The van der Waals surface area contributed by atoms with Crippen LogP contribution >= 0.6 is 11.6 Å². The minimum absolute atomic E-state index is 0.287. The van der Waals surface area contributed by atoms with Gasteiger partial charge in [-0.3, -0.25) is 0 Å². The van der Waals surface area contributed by atoms with Crippen LogP contribution in [0.15, 0.2) is 48.5 Å². The van der Waals surface area contributed by atoms with Crippen molar-refractivity contribution >= 4 is 17.3 Å². The van der Waals surface area contributed by atoms with Gasteiger partial charge in [0.1, 0.15) is 0 Å². The van der Waals surface area contributed by atoms with Crippen molar-refractivity contribution in [1.29, 1.82) is 0 Å². The molecule has 0 radical (unpaired) electrons. The fraction of sp³-hybridized carbons (Fsp3) is 0.333. The quantitative estimate of drug-likeness (QED) is 0.727. The zero-order valence-electron chi connectivity index (χ0n) is 12.4. The molecule has 0 saturated carbocycles. The van der Waals surface area contributed by atoms with Crippen LogP contribution in [0.25, 0.3) is 0 Å². The lowest BCUT2D eigenvalue weighted by molar-refractivity contribution is 0.531. The second kappa shape index (κ2) is 6.81. The lowest BCUT2D eigenvalue weighted by Crippen LogP contribution is -2.14. The Hall–Kier alpha value is -1.47. The van der Waals surface area contributed by atoms with E-state index in [0.29, 0.717) is 5.92 Å². The molecule has 2 heteroatoms. The summed E-state index contributed by atoms with van der Waals surface area (Å²) >= 11 is 6.34. The van der Waals surface area contributed by atoms with E-state index in [1.165, 1.54) is 11.1 Å². The lowest BCUT2D eigenvalue weighted by atomic mass is 9.96. The lowest BCUT2D eigenvalue weighted by Gasteiger charge is -2.24. The highest BCUT2D eigenvalue weighted by atomic mass is 35.5. The predicted molar refractivity (Wildman–Crippen MR) is 88.4 cm³/mol. The first kappa shape index (κ1) is 14.9. The topological polar surface area (TPSA) is 12.0 Å². The molecule has 0 aliphatic rings. The molecule has 1 N–H and O–H groups in total. The molecule has 0 fully saturated rings. The van der Waals surface area contributed by atoms with Gasteiger partial charge in [0.2, 0.25) is 0 Å². The number of rotatable bonds is 5. The number of anilines is 1. The van der Waals surface area contributed by atoms with Crippen LogP contribution in [-0.4, -0.2) is 0 Å². The molecule has 106 valence electrons. The maximum atomic E-state index is 6.34. The normalized spacial score (nSPS) is 12.4. The molecule has 0 saturated heterocycles. The van der Waals surface area contributed by atoms with E-state index in [1.54, 1.807) is 0 Å². The number of benzene rings is 2. The molecule has 0 aliphatic heterocycles. The van der Waals surface area contributed by atoms with Gasteiger partial charge in [-0.25, -0.2) is 0 Å². The van der Waals surface area contributed by atoms with Crippen molar-refractivity contribution in [2.45, 2.75) is 33.2 Å². The number of nitrogens with one attached hydrogen (secondary N) is 1. The first-order valence-electron chi connectivity index (χ1n) is 7.14. The molecule has 0 aliphatic carbocycles. The smallest absolute Gasteiger partial charge is 0.0640 e. The second-order valence-corrected chi connectivity index (χ2v) is 6.08. The zero-order chi connectivity index (χ0) is 14.5. The molecule has 2 aromatic carbocycles. The number of para-hydroxylation sites is 1. The van der Waals surface area contributed by atoms with Crippen molar-refractivity contribution in [3.63, 3.8) is 0 Å². The van der Waals surface area contributed by atoms with Crippen molar-refractivity contribution in [1.82, 2.24) is 0 Å². The van der Waals surface area contributed by atoms with Crippen molar-refractivity contribution in [2.24, 2.45) is 5.92 Å². The number of hydrogen-bond donors (Lipinski definition) is 1. The highest BCUT2D eigenvalue weighted by Gasteiger charge is 2.15. The van der Waals surface area contributed by atoms with E-state index in [1.807, 2.05) is 12.1 Å². The number of halogens is 1. The van der Waals surface area contributed by atoms with Crippen LogP contribution in [0.3, 0.4) is 0 Å². The van der Waals surface area contributed by atoms with Crippen molar-refractivity contribution in [3.8, 4) is 0 Å². The number of hydrogen-bond acceptors (Lipinski definition) is 1. The summed E-state index contributed by atoms with van der Waals surface area (Å²) in [4.78, 5) is 0. The van der Waals surface area contributed by atoms with Crippen LogP contribution < -0.4 is 5.32 Å². The third-order valence-corrected chi connectivity index (χ3v) is 3.76. The summed E-state index contributed by atoms with van der Waals surface area (Å²) in [5, 5.41) is 4.42. The predicted octanol–water partition coefficient (Wildman–Crippen LogP) is 5.85. The van der Waals surface area contributed by atoms with Gasteiger partial charge < -0.3 is 5.32 Å². The summed E-state index contributed by atoms with van der Waals surface area (Å²) in [7, 11) is 0. The first-order valence-corrected chi connectivity index (χ1v) is 7.52. The monoisotopic (exact) mass is 287 g/mol. The Morgan fingerprint density at radius 3 is 2.30 bits per heavy atom. The summed E-state index contributed by atoms with van der Waals surface area (Å²) in [5.41, 5.74) is 3.53. The van der Waals surface area contributed by atoms with Gasteiger partial charge >= 0.3 is 0 Å². The van der Waals surface area contributed by atoms with Gasteiger partial charge in [-0.1, -0.05) is 67.9 Å². The molecular weight excluding hydrogens is 266 g/mol. The summed E-state index contributed by atoms with van der Waals surface area (Å²) in [5.74, 6) is 0.621. The molecule has 0 aromatic heterocycles. The standard InChI is InChI=1S/C18H22ClN/c1-13(2)12-17(15-9-5-4-6-10-15)20-18-14(3)8-7-11-16(18)19/h4-11,13,17,20H,12H2,1-3H3. The average Bonchev–Trinajstić information content (AvgIpc) is 2.42. The summed E-state index contributed by atoms with van der Waals surface area (Å²) < 4.78 is 0. The first-order chi connectivity index (χ1) is 9.58. The highest BCUT2D eigenvalue weighted by Crippen LogP contribution is 2.32. The van der Waals surface area contributed by atoms with Crippen LogP contribution in [0.2, 0.25) is 5.02 Å². The maximum absolute atomic E-state index is 6.34. The summed E-state index contributed by atoms with van der Waals surface area (Å²) in [6.45, 7) is 6.58. The summed E-state index contributed by atoms with van der Waals surface area (Å²) in [6.07, 6.45) is 1.08. The largest absolute Gasteiger partial charge is 0.377 e. The van der Waals surface area contributed by atoms with E-state index in [2.05, 4.69) is 62.5 Å². The molecule has 1 atom stereocenters. The van der Waals surface area contributed by atoms with Gasteiger partial charge in [0.25, 0.3) is 0 Å². The Balaban J connectivity index is 2.29. The summed E-state index contributed by atoms with van der Waals surface area (Å²) in [6, 6.07) is 16.9. The fourth-order valence-electron chi connectivity index (χ4n) is 2.42. The number of aryl methyl sites for hydroxylation is 1. The van der Waals surface area contributed by atoms with Gasteiger partial charge in [0, 0.05) is 0 Å². The molecule has 2 aromatic rings. The maximum Gasteiger partial charge on any atom is 0.0640 e. The molecule has 0 amide bonds. The third kappa shape index (κ3) is 3.77. The van der Waals surface area contributed by atoms with Crippen molar-refractivity contribution < 1.29 is 0 Å². The van der Waals surface area contributed by atoms with E-state index < -0.39 is 0 Å². The Morgan fingerprint density at radius 2 is 1.70 bits per heavy atom. The van der Waals surface area contributed by atoms with Crippen LogP contribution in [0, 0.1) is 12.8 Å². The Labute approximate surface area is 127 Å². The Kier molecular flexibility index (Phi) is 5.08. The van der Waals surface area contributed by atoms with Gasteiger partial charge in [-0.15, -0.1) is 0 Å². The molecule has 1 nitrogen and oxygen atoms in total. The van der Waals surface area contributed by atoms with Crippen molar-refractivity contribution in [2.75, 3.05) is 5.32 Å². The second-order valence-electron chi connectivity index (χ2n) is 5.67. The third-order valence-electron chi connectivity index (χ3n) is 3.45. The van der Waals surface area contributed by atoms with Crippen LogP contribution in [0.1, 0.15) is 37.4 Å². The van der Waals surface area contributed by atoms with Crippen LogP contribution in [-0.2, 0) is 0 Å². The van der Waals surface area contributed by atoms with Gasteiger partial charge in [-0.05, 0) is 36.5 Å². The van der Waals surface area contributed by atoms with Crippen molar-refractivity contribution in [3.05, 3.63) is 64.7 Å². The Bertz CT molecular complexity index is 528. The van der Waals surface area contributed by atoms with E-state index >= 15 is 0 Å². The molecular formula is C18H22ClN. The van der Waals surface area contributed by atoms with Gasteiger partial charge in [-0.2, -0.15) is 0 Å². The van der Waals surface area contributed by atoms with Gasteiger partial charge in [0.15, 0.2) is 0 Å². The fourth-order valence-corrected chi connectivity index (χ4v) is 2.70. The molecule has 0 spiro atoms. The minimum atomic E-state index is 0.287. The van der Waals surface area contributed by atoms with Crippen LogP contribution in [0.5, 0.6) is 0 Å². The average molecular weight is 288 g/mol. The van der Waals surface area contributed by atoms with E-state index in [9.17, 15) is 0 Å². The molecule has 0 heterocycles. The molecule has 1 unspecified atom stereocenters. The van der Waals surface area contributed by atoms with E-state index in [-0.39, 0.29) is 6.04 Å². The van der Waals surface area contributed by atoms with Crippen LogP contribution in [0.4, 0.5) is 5.69 Å².